The minimum absolute atomic E-state index is 0.0261. The van der Waals surface area contributed by atoms with Gasteiger partial charge in [-0.3, -0.25) is 4.79 Å². The fourth-order valence-electron chi connectivity index (χ4n) is 2.66. The lowest BCUT2D eigenvalue weighted by atomic mass is 10.1. The van der Waals surface area contributed by atoms with E-state index in [4.69, 9.17) is 5.11 Å². The molecule has 1 aliphatic rings. The van der Waals surface area contributed by atoms with Gasteiger partial charge in [0.2, 0.25) is 5.95 Å². The zero-order valence-electron chi connectivity index (χ0n) is 14.2. The Morgan fingerprint density at radius 1 is 1.33 bits per heavy atom. The maximum absolute atomic E-state index is 14.0. The molecular weight excluding hydrogens is 368 g/mol. The van der Waals surface area contributed by atoms with Crippen LogP contribution in [0.25, 0.3) is 0 Å². The zero-order chi connectivity index (χ0) is 19.8. The number of carbonyl (C=O) groups is 1. The molecule has 1 atom stereocenters. The number of nitrogens with one attached hydrogen (secondary N) is 1. The number of benzene rings is 1. The largest absolute Gasteiger partial charge is 0.481 e. The summed E-state index contributed by atoms with van der Waals surface area (Å²) in [5.74, 6) is -2.14. The molecule has 3 rings (SSSR count). The fourth-order valence-corrected chi connectivity index (χ4v) is 2.66. The number of aliphatic carboxylic acids is 1. The summed E-state index contributed by atoms with van der Waals surface area (Å²) in [6.07, 6.45) is -4.31. The molecule has 1 aromatic heterocycles. The maximum atomic E-state index is 14.0. The number of hydrogen-bond acceptors (Lipinski definition) is 5. The second-order valence-electron chi connectivity index (χ2n) is 6.27. The molecule has 27 heavy (non-hydrogen) atoms. The summed E-state index contributed by atoms with van der Waals surface area (Å²) >= 11 is 0. The molecule has 1 aromatic carbocycles. The van der Waals surface area contributed by atoms with Crippen LogP contribution in [0.2, 0.25) is 0 Å². The molecule has 0 aliphatic carbocycles. The second-order valence-corrected chi connectivity index (χ2v) is 6.27. The molecule has 1 saturated heterocycles. The van der Waals surface area contributed by atoms with Crippen molar-refractivity contribution in [3.8, 4) is 0 Å². The highest BCUT2D eigenvalue weighted by molar-refractivity contribution is 5.71. The Kier molecular flexibility index (Phi) is 4.90. The molecule has 0 amide bonds. The van der Waals surface area contributed by atoms with E-state index in [9.17, 15) is 22.4 Å². The van der Waals surface area contributed by atoms with E-state index in [1.165, 1.54) is 12.1 Å². The first kappa shape index (κ1) is 18.9. The number of nitrogens with zero attached hydrogens (tertiary/aromatic N) is 3. The molecule has 144 valence electrons. The van der Waals surface area contributed by atoms with Crippen molar-refractivity contribution in [3.63, 3.8) is 0 Å². The van der Waals surface area contributed by atoms with E-state index >= 15 is 0 Å². The number of anilines is 3. The van der Waals surface area contributed by atoms with Crippen LogP contribution in [0, 0.1) is 5.82 Å². The lowest BCUT2D eigenvalue weighted by Crippen LogP contribution is -2.46. The summed E-state index contributed by atoms with van der Waals surface area (Å²) in [6.45, 7) is 2.41. The molecule has 1 fully saturated rings. The first-order chi connectivity index (χ1) is 12.6. The first-order valence-corrected chi connectivity index (χ1v) is 8.13. The molecule has 6 nitrogen and oxygen atoms in total. The number of hydrogen-bond donors (Lipinski definition) is 2. The van der Waals surface area contributed by atoms with Crippen molar-refractivity contribution in [2.45, 2.75) is 32.0 Å². The summed E-state index contributed by atoms with van der Waals surface area (Å²) in [7, 11) is 0. The van der Waals surface area contributed by atoms with Gasteiger partial charge in [0.25, 0.3) is 0 Å². The Labute approximate surface area is 151 Å². The SMILES string of the molecule is C[C@H]1CCN1c1nc(Nc2ccc(CC(=O)O)c(F)c2)cc(C(F)(F)F)n1. The molecule has 0 radical (unpaired) electrons. The molecule has 2 N–H and O–H groups in total. The molecule has 0 spiro atoms. The minimum Gasteiger partial charge on any atom is -0.481 e. The van der Waals surface area contributed by atoms with Crippen LogP contribution >= 0.6 is 0 Å². The van der Waals surface area contributed by atoms with E-state index in [0.717, 1.165) is 18.6 Å². The van der Waals surface area contributed by atoms with Crippen molar-refractivity contribution < 1.29 is 27.5 Å². The van der Waals surface area contributed by atoms with Crippen molar-refractivity contribution in [1.29, 1.82) is 0 Å². The highest BCUT2D eigenvalue weighted by Crippen LogP contribution is 2.33. The minimum atomic E-state index is -4.65. The number of aromatic nitrogens is 2. The van der Waals surface area contributed by atoms with Gasteiger partial charge in [0.15, 0.2) is 5.69 Å². The Bertz CT molecular complexity index is 872. The predicted octanol–water partition coefficient (Wildman–Crippen LogP) is 3.60. The van der Waals surface area contributed by atoms with Gasteiger partial charge in [0, 0.05) is 24.3 Å². The van der Waals surface area contributed by atoms with Crippen LogP contribution in [-0.2, 0) is 17.4 Å². The molecular formula is C17H16F4N4O2. The van der Waals surface area contributed by atoms with Gasteiger partial charge in [0.1, 0.15) is 11.6 Å². The Morgan fingerprint density at radius 2 is 2.07 bits per heavy atom. The normalized spacial score (nSPS) is 16.8. The van der Waals surface area contributed by atoms with Gasteiger partial charge in [-0.15, -0.1) is 0 Å². The summed E-state index contributed by atoms with van der Waals surface area (Å²) in [6, 6.07) is 4.43. The zero-order valence-corrected chi connectivity index (χ0v) is 14.2. The molecule has 2 heterocycles. The third kappa shape index (κ3) is 4.26. The van der Waals surface area contributed by atoms with Gasteiger partial charge in [-0.2, -0.15) is 18.2 Å². The van der Waals surface area contributed by atoms with Crippen LogP contribution in [0.5, 0.6) is 0 Å². The Morgan fingerprint density at radius 3 is 2.59 bits per heavy atom. The molecule has 10 heteroatoms. The third-order valence-corrected chi connectivity index (χ3v) is 4.25. The van der Waals surface area contributed by atoms with Crippen LogP contribution in [0.4, 0.5) is 35.0 Å². The van der Waals surface area contributed by atoms with Crippen molar-refractivity contribution in [2.75, 3.05) is 16.8 Å². The molecule has 0 saturated carbocycles. The van der Waals surface area contributed by atoms with Crippen molar-refractivity contribution in [3.05, 3.63) is 41.3 Å². The number of alkyl halides is 3. The van der Waals surface area contributed by atoms with Gasteiger partial charge < -0.3 is 15.3 Å². The lowest BCUT2D eigenvalue weighted by Gasteiger charge is -2.38. The van der Waals surface area contributed by atoms with Gasteiger partial charge in [-0.25, -0.2) is 9.37 Å². The number of halogens is 4. The van der Waals surface area contributed by atoms with E-state index < -0.39 is 30.1 Å². The maximum Gasteiger partial charge on any atom is 0.433 e. The van der Waals surface area contributed by atoms with Gasteiger partial charge in [0.05, 0.1) is 6.42 Å². The monoisotopic (exact) mass is 384 g/mol. The van der Waals surface area contributed by atoms with Gasteiger partial charge in [-0.05, 0) is 31.0 Å². The van der Waals surface area contributed by atoms with Crippen molar-refractivity contribution >= 4 is 23.4 Å². The summed E-state index contributed by atoms with van der Waals surface area (Å²) in [4.78, 5) is 20.0. The number of carboxylic acids is 1. The predicted molar refractivity (Wildman–Crippen MR) is 89.5 cm³/mol. The van der Waals surface area contributed by atoms with Crippen LogP contribution < -0.4 is 10.2 Å². The summed E-state index contributed by atoms with van der Waals surface area (Å²) < 4.78 is 53.4. The van der Waals surface area contributed by atoms with E-state index in [-0.39, 0.29) is 29.1 Å². The summed E-state index contributed by atoms with van der Waals surface area (Å²) in [5.41, 5.74) is -0.977. The Hall–Kier alpha value is -2.91. The highest BCUT2D eigenvalue weighted by atomic mass is 19.4. The molecule has 0 bridgehead atoms. The van der Waals surface area contributed by atoms with Crippen LogP contribution in [-0.4, -0.2) is 33.6 Å². The van der Waals surface area contributed by atoms with Gasteiger partial charge >= 0.3 is 12.1 Å². The molecule has 2 aromatic rings. The molecule has 1 aliphatic heterocycles. The van der Waals surface area contributed by atoms with Crippen LogP contribution in [0.3, 0.4) is 0 Å². The van der Waals surface area contributed by atoms with Crippen LogP contribution in [0.15, 0.2) is 24.3 Å². The lowest BCUT2D eigenvalue weighted by molar-refractivity contribution is -0.141. The molecule has 0 unspecified atom stereocenters. The van der Waals surface area contributed by atoms with Crippen LogP contribution in [0.1, 0.15) is 24.6 Å². The van der Waals surface area contributed by atoms with Crippen molar-refractivity contribution in [1.82, 2.24) is 9.97 Å². The van der Waals surface area contributed by atoms with E-state index in [1.54, 1.807) is 4.90 Å². The van der Waals surface area contributed by atoms with E-state index in [1.807, 2.05) is 6.92 Å². The van der Waals surface area contributed by atoms with E-state index in [2.05, 4.69) is 15.3 Å². The average molecular weight is 384 g/mol. The average Bonchev–Trinajstić information content (AvgIpc) is 2.54. The quantitative estimate of drug-likeness (QED) is 0.767. The smallest absolute Gasteiger partial charge is 0.433 e. The number of carboxylic acid groups (broad SMARTS) is 1. The fraction of sp³-hybridized carbons (Fsp3) is 0.353. The second kappa shape index (κ2) is 7.01. The standard InChI is InChI=1S/C17H16F4N4O2/c1-9-4-5-25(9)16-23-13(17(19,20)21)8-14(24-16)22-11-3-2-10(6-15(26)27)12(18)7-11/h2-3,7-9H,4-6H2,1H3,(H,26,27)(H,22,23,24)/t9-/m0/s1. The highest BCUT2D eigenvalue weighted by Gasteiger charge is 2.35. The third-order valence-electron chi connectivity index (χ3n) is 4.25. The van der Waals surface area contributed by atoms with Gasteiger partial charge in [-0.1, -0.05) is 6.07 Å². The topological polar surface area (TPSA) is 78.4 Å². The summed E-state index contributed by atoms with van der Waals surface area (Å²) in [5, 5.41) is 11.4. The number of rotatable bonds is 5. The first-order valence-electron chi connectivity index (χ1n) is 8.13. The Balaban J connectivity index is 1.90. The van der Waals surface area contributed by atoms with E-state index in [0.29, 0.717) is 6.54 Å². The van der Waals surface area contributed by atoms with Crippen molar-refractivity contribution in [2.24, 2.45) is 0 Å².